The number of allylic oxidation sites excluding steroid dienone is 1. The fourth-order valence-corrected chi connectivity index (χ4v) is 3.95. The molecular weight excluding hydrogens is 211 g/mol. The zero-order chi connectivity index (χ0) is 12.1. The molecule has 98 valence electrons. The van der Waals surface area contributed by atoms with Crippen LogP contribution in [0.4, 0.5) is 4.39 Å². The summed E-state index contributed by atoms with van der Waals surface area (Å²) in [4.78, 5) is 0. The minimum Gasteiger partial charge on any atom is -0.251 e. The van der Waals surface area contributed by atoms with Crippen molar-refractivity contribution in [3.8, 4) is 0 Å². The minimum absolute atomic E-state index is 0.111. The number of alkyl halides is 1. The highest BCUT2D eigenvalue weighted by atomic mass is 19.1. The van der Waals surface area contributed by atoms with E-state index in [1.54, 1.807) is 0 Å². The number of hydrogen-bond acceptors (Lipinski definition) is 0. The summed E-state index contributed by atoms with van der Waals surface area (Å²) in [5.41, 5.74) is 0. The lowest BCUT2D eigenvalue weighted by atomic mass is 9.69. The molecule has 2 aliphatic carbocycles. The third-order valence-electron chi connectivity index (χ3n) is 5.23. The summed E-state index contributed by atoms with van der Waals surface area (Å²) < 4.78 is 12.3. The van der Waals surface area contributed by atoms with Crippen LogP contribution in [0.2, 0.25) is 0 Å². The van der Waals surface area contributed by atoms with Gasteiger partial charge in [-0.15, -0.1) is 6.58 Å². The molecule has 2 fully saturated rings. The molecule has 17 heavy (non-hydrogen) atoms. The summed E-state index contributed by atoms with van der Waals surface area (Å²) in [5.74, 6) is 3.41. The number of hydrogen-bond donors (Lipinski definition) is 0. The molecule has 0 aromatic rings. The van der Waals surface area contributed by atoms with Gasteiger partial charge < -0.3 is 0 Å². The van der Waals surface area contributed by atoms with Gasteiger partial charge in [0.05, 0.1) is 6.67 Å². The fourth-order valence-electron chi connectivity index (χ4n) is 3.95. The molecule has 2 saturated carbocycles. The van der Waals surface area contributed by atoms with E-state index < -0.39 is 0 Å². The Balaban J connectivity index is 1.72. The first-order valence-electron chi connectivity index (χ1n) is 7.52. The molecule has 0 nitrogen and oxygen atoms in total. The molecule has 0 amide bonds. The molecule has 0 unspecified atom stereocenters. The molecule has 1 heteroatoms. The topological polar surface area (TPSA) is 0 Å². The van der Waals surface area contributed by atoms with Crippen molar-refractivity contribution in [2.45, 2.75) is 57.8 Å². The molecule has 0 heterocycles. The second-order valence-corrected chi connectivity index (χ2v) is 6.17. The molecule has 0 saturated heterocycles. The Morgan fingerprint density at radius 1 is 0.882 bits per heavy atom. The van der Waals surface area contributed by atoms with Gasteiger partial charge >= 0.3 is 0 Å². The highest BCUT2D eigenvalue weighted by Gasteiger charge is 2.29. The molecule has 0 bridgehead atoms. The molecule has 0 radical (unpaired) electrons. The largest absolute Gasteiger partial charge is 0.251 e. The molecule has 0 atom stereocenters. The SMILES string of the molecule is C=CC1CCC(C2CCC(CCF)CC2)CC1. The van der Waals surface area contributed by atoms with Gasteiger partial charge in [-0.2, -0.15) is 0 Å². The average molecular weight is 238 g/mol. The van der Waals surface area contributed by atoms with Gasteiger partial charge in [0, 0.05) is 0 Å². The van der Waals surface area contributed by atoms with Crippen LogP contribution in [0.25, 0.3) is 0 Å². The maximum Gasteiger partial charge on any atom is 0.0897 e. The standard InChI is InChI=1S/C16H27F/c1-2-13-3-7-15(8-4-13)16-9-5-14(6-10-16)11-12-17/h2,13-16H,1,3-12H2. The first-order valence-corrected chi connectivity index (χ1v) is 7.52. The summed E-state index contributed by atoms with van der Waals surface area (Å²) in [6, 6.07) is 0. The van der Waals surface area contributed by atoms with Gasteiger partial charge in [0.25, 0.3) is 0 Å². The maximum atomic E-state index is 12.3. The summed E-state index contributed by atoms with van der Waals surface area (Å²) in [6.45, 7) is 3.81. The van der Waals surface area contributed by atoms with E-state index in [1.165, 1.54) is 51.4 Å². The second kappa shape index (κ2) is 6.56. The zero-order valence-electron chi connectivity index (χ0n) is 11.0. The molecule has 0 aromatic heterocycles. The third-order valence-corrected chi connectivity index (χ3v) is 5.23. The first kappa shape index (κ1) is 13.1. The van der Waals surface area contributed by atoms with Crippen molar-refractivity contribution in [1.29, 1.82) is 0 Å². The summed E-state index contributed by atoms with van der Waals surface area (Å²) in [6.07, 6.45) is 13.8. The summed E-state index contributed by atoms with van der Waals surface area (Å²) in [5, 5.41) is 0. The average Bonchev–Trinajstić information content (AvgIpc) is 2.40. The van der Waals surface area contributed by atoms with Gasteiger partial charge in [0.15, 0.2) is 0 Å². The van der Waals surface area contributed by atoms with Crippen molar-refractivity contribution in [3.05, 3.63) is 12.7 Å². The van der Waals surface area contributed by atoms with E-state index in [1.807, 2.05) is 0 Å². The Bertz CT molecular complexity index is 220. The quantitative estimate of drug-likeness (QED) is 0.594. The van der Waals surface area contributed by atoms with E-state index in [0.717, 1.165) is 24.2 Å². The van der Waals surface area contributed by atoms with Gasteiger partial charge in [-0.25, -0.2) is 0 Å². The van der Waals surface area contributed by atoms with Gasteiger partial charge in [-0.3, -0.25) is 4.39 Å². The Hall–Kier alpha value is -0.330. The van der Waals surface area contributed by atoms with Gasteiger partial charge in [0.1, 0.15) is 0 Å². The molecule has 0 N–H and O–H groups in total. The van der Waals surface area contributed by atoms with Crippen molar-refractivity contribution >= 4 is 0 Å². The fraction of sp³-hybridized carbons (Fsp3) is 0.875. The summed E-state index contributed by atoms with van der Waals surface area (Å²) in [7, 11) is 0. The number of halogens is 1. The zero-order valence-corrected chi connectivity index (χ0v) is 11.0. The van der Waals surface area contributed by atoms with Gasteiger partial charge in [-0.1, -0.05) is 18.9 Å². The van der Waals surface area contributed by atoms with Crippen LogP contribution in [-0.2, 0) is 0 Å². The molecule has 0 aromatic carbocycles. The van der Waals surface area contributed by atoms with Crippen molar-refractivity contribution in [3.63, 3.8) is 0 Å². The van der Waals surface area contributed by atoms with E-state index in [0.29, 0.717) is 5.92 Å². The van der Waals surface area contributed by atoms with E-state index in [4.69, 9.17) is 0 Å². The Morgan fingerprint density at radius 2 is 1.41 bits per heavy atom. The van der Waals surface area contributed by atoms with E-state index in [9.17, 15) is 4.39 Å². The van der Waals surface area contributed by atoms with Crippen molar-refractivity contribution in [2.24, 2.45) is 23.7 Å². The Kier molecular flexibility index (Phi) is 5.06. The van der Waals surface area contributed by atoms with Crippen molar-refractivity contribution in [2.75, 3.05) is 6.67 Å². The van der Waals surface area contributed by atoms with Crippen LogP contribution in [0, 0.1) is 23.7 Å². The van der Waals surface area contributed by atoms with E-state index in [2.05, 4.69) is 12.7 Å². The van der Waals surface area contributed by atoms with Crippen LogP contribution in [-0.4, -0.2) is 6.67 Å². The third kappa shape index (κ3) is 3.56. The molecule has 0 aliphatic heterocycles. The molecule has 2 rings (SSSR count). The molecular formula is C16H27F. The van der Waals surface area contributed by atoms with Crippen LogP contribution in [0.1, 0.15) is 57.8 Å². The summed E-state index contributed by atoms with van der Waals surface area (Å²) >= 11 is 0. The van der Waals surface area contributed by atoms with Crippen LogP contribution < -0.4 is 0 Å². The minimum atomic E-state index is -0.111. The predicted octanol–water partition coefficient (Wildman–Crippen LogP) is 5.14. The molecule has 2 aliphatic rings. The Labute approximate surface area is 106 Å². The highest BCUT2D eigenvalue weighted by Crippen LogP contribution is 2.42. The lowest BCUT2D eigenvalue weighted by Gasteiger charge is -2.37. The van der Waals surface area contributed by atoms with Crippen LogP contribution in [0.5, 0.6) is 0 Å². The first-order chi connectivity index (χ1) is 8.33. The lowest BCUT2D eigenvalue weighted by molar-refractivity contribution is 0.149. The van der Waals surface area contributed by atoms with Crippen LogP contribution in [0.3, 0.4) is 0 Å². The highest BCUT2D eigenvalue weighted by molar-refractivity contribution is 4.87. The monoisotopic (exact) mass is 238 g/mol. The van der Waals surface area contributed by atoms with Gasteiger partial charge in [0.2, 0.25) is 0 Å². The van der Waals surface area contributed by atoms with E-state index in [-0.39, 0.29) is 6.67 Å². The maximum absolute atomic E-state index is 12.3. The van der Waals surface area contributed by atoms with E-state index >= 15 is 0 Å². The number of rotatable bonds is 4. The van der Waals surface area contributed by atoms with Crippen LogP contribution in [0.15, 0.2) is 12.7 Å². The Morgan fingerprint density at radius 3 is 1.88 bits per heavy atom. The van der Waals surface area contributed by atoms with Gasteiger partial charge in [-0.05, 0) is 68.6 Å². The smallest absolute Gasteiger partial charge is 0.0897 e. The van der Waals surface area contributed by atoms with Crippen molar-refractivity contribution < 1.29 is 4.39 Å². The molecule has 0 spiro atoms. The normalized spacial score (nSPS) is 38.9. The van der Waals surface area contributed by atoms with Crippen LogP contribution >= 0.6 is 0 Å². The van der Waals surface area contributed by atoms with Crippen molar-refractivity contribution in [1.82, 2.24) is 0 Å². The predicted molar refractivity (Wildman–Crippen MR) is 71.7 cm³/mol. The second-order valence-electron chi connectivity index (χ2n) is 6.17. The lowest BCUT2D eigenvalue weighted by Crippen LogP contribution is -2.25.